The number of ether oxygens (including phenoxy) is 1. The molecule has 0 unspecified atom stereocenters. The Morgan fingerprint density at radius 1 is 1.39 bits per heavy atom. The number of halogens is 1. The predicted octanol–water partition coefficient (Wildman–Crippen LogP) is 2.64. The van der Waals surface area contributed by atoms with Crippen LogP contribution in [0.1, 0.15) is 30.1 Å². The van der Waals surface area contributed by atoms with Crippen LogP contribution in [-0.2, 0) is 4.74 Å². The first-order chi connectivity index (χ1) is 8.63. The first-order valence-corrected chi connectivity index (χ1v) is 6.20. The second kappa shape index (κ2) is 5.48. The summed E-state index contributed by atoms with van der Waals surface area (Å²) in [6, 6.07) is 4.67. The van der Waals surface area contributed by atoms with Crippen LogP contribution in [0.2, 0.25) is 0 Å². The number of nitrogens with zero attached hydrogens (tertiary/aromatic N) is 1. The first kappa shape index (κ1) is 13.0. The highest BCUT2D eigenvalue weighted by Gasteiger charge is 2.24. The quantitative estimate of drug-likeness (QED) is 0.773. The maximum Gasteiger partial charge on any atom is 0.161 e. The van der Waals surface area contributed by atoms with Crippen LogP contribution in [0.3, 0.4) is 0 Å². The monoisotopic (exact) mass is 251 g/mol. The number of ketones is 1. The molecule has 0 atom stereocenters. The lowest BCUT2D eigenvalue weighted by molar-refractivity contribution is 0.0817. The summed E-state index contributed by atoms with van der Waals surface area (Å²) in [5.74, 6) is -0.420. The zero-order valence-corrected chi connectivity index (χ0v) is 10.8. The van der Waals surface area contributed by atoms with Gasteiger partial charge in [0.2, 0.25) is 0 Å². The smallest absolute Gasteiger partial charge is 0.161 e. The van der Waals surface area contributed by atoms with E-state index >= 15 is 0 Å². The van der Waals surface area contributed by atoms with Crippen molar-refractivity contribution in [3.05, 3.63) is 29.6 Å². The normalized spacial score (nSPS) is 16.9. The molecule has 1 aromatic carbocycles. The number of piperidine rings is 1. The minimum absolute atomic E-state index is 0.0987. The van der Waals surface area contributed by atoms with Gasteiger partial charge in [0.25, 0.3) is 0 Å². The van der Waals surface area contributed by atoms with E-state index in [1.54, 1.807) is 19.2 Å². The molecule has 0 bridgehead atoms. The van der Waals surface area contributed by atoms with Crippen LogP contribution in [0, 0.1) is 5.82 Å². The molecule has 1 aliphatic heterocycles. The molecule has 1 aromatic rings. The minimum Gasteiger partial charge on any atom is -0.381 e. The zero-order chi connectivity index (χ0) is 13.1. The van der Waals surface area contributed by atoms with Crippen molar-refractivity contribution in [3.63, 3.8) is 0 Å². The fraction of sp³-hybridized carbons (Fsp3) is 0.500. The second-order valence-corrected chi connectivity index (χ2v) is 4.61. The number of Topliss-reactive ketones (excluding diaryl/α,β-unsaturated/α-hetero) is 1. The number of carbonyl (C=O) groups is 1. The van der Waals surface area contributed by atoms with Gasteiger partial charge in [0.15, 0.2) is 5.78 Å². The Labute approximate surface area is 107 Å². The number of hydrogen-bond acceptors (Lipinski definition) is 3. The van der Waals surface area contributed by atoms with E-state index in [1.807, 2.05) is 4.90 Å². The highest BCUT2D eigenvalue weighted by Crippen LogP contribution is 2.28. The topological polar surface area (TPSA) is 29.5 Å². The lowest BCUT2D eigenvalue weighted by Gasteiger charge is -2.34. The SMILES string of the molecule is COC1CCN(c2c(F)cccc2C(C)=O)CC1. The van der Waals surface area contributed by atoms with Crippen LogP contribution in [-0.4, -0.2) is 32.1 Å². The van der Waals surface area contributed by atoms with Crippen LogP contribution >= 0.6 is 0 Å². The second-order valence-electron chi connectivity index (χ2n) is 4.61. The van der Waals surface area contributed by atoms with Crippen molar-refractivity contribution in [2.75, 3.05) is 25.1 Å². The van der Waals surface area contributed by atoms with Crippen molar-refractivity contribution >= 4 is 11.5 Å². The van der Waals surface area contributed by atoms with Crippen molar-refractivity contribution in [1.29, 1.82) is 0 Å². The van der Waals surface area contributed by atoms with Gasteiger partial charge < -0.3 is 9.64 Å². The van der Waals surface area contributed by atoms with Gasteiger partial charge >= 0.3 is 0 Å². The van der Waals surface area contributed by atoms with E-state index in [2.05, 4.69) is 0 Å². The summed E-state index contributed by atoms with van der Waals surface area (Å²) in [6.07, 6.45) is 1.97. The number of benzene rings is 1. The summed E-state index contributed by atoms with van der Waals surface area (Å²) in [5, 5.41) is 0. The molecule has 0 radical (unpaired) electrons. The molecule has 18 heavy (non-hydrogen) atoms. The molecule has 0 N–H and O–H groups in total. The van der Waals surface area contributed by atoms with Gasteiger partial charge in [0.05, 0.1) is 11.8 Å². The molecular weight excluding hydrogens is 233 g/mol. The number of anilines is 1. The molecule has 3 nitrogen and oxygen atoms in total. The Hall–Kier alpha value is -1.42. The molecule has 1 aliphatic rings. The summed E-state index contributed by atoms with van der Waals surface area (Å²) in [6.45, 7) is 2.92. The Morgan fingerprint density at radius 3 is 2.61 bits per heavy atom. The van der Waals surface area contributed by atoms with E-state index in [9.17, 15) is 9.18 Å². The summed E-state index contributed by atoms with van der Waals surface area (Å²) < 4.78 is 19.2. The highest BCUT2D eigenvalue weighted by molar-refractivity contribution is 5.99. The van der Waals surface area contributed by atoms with Crippen molar-refractivity contribution in [2.45, 2.75) is 25.9 Å². The molecule has 98 valence electrons. The van der Waals surface area contributed by atoms with Crippen molar-refractivity contribution in [3.8, 4) is 0 Å². The van der Waals surface area contributed by atoms with Crippen LogP contribution in [0.4, 0.5) is 10.1 Å². The van der Waals surface area contributed by atoms with Crippen molar-refractivity contribution < 1.29 is 13.9 Å². The van der Waals surface area contributed by atoms with Gasteiger partial charge in [0, 0.05) is 25.8 Å². The lowest BCUT2D eigenvalue weighted by atomic mass is 10.0. The molecule has 1 saturated heterocycles. The molecule has 0 aliphatic carbocycles. The van der Waals surface area contributed by atoms with E-state index in [0.29, 0.717) is 11.3 Å². The third-order valence-corrected chi connectivity index (χ3v) is 3.46. The number of carbonyl (C=O) groups excluding carboxylic acids is 1. The van der Waals surface area contributed by atoms with Gasteiger partial charge in [-0.1, -0.05) is 6.07 Å². The molecule has 0 saturated carbocycles. The molecule has 0 spiro atoms. The molecule has 0 aromatic heterocycles. The van der Waals surface area contributed by atoms with Gasteiger partial charge in [-0.05, 0) is 31.9 Å². The number of para-hydroxylation sites is 1. The van der Waals surface area contributed by atoms with E-state index in [-0.39, 0.29) is 17.7 Å². The van der Waals surface area contributed by atoms with Gasteiger partial charge in [-0.3, -0.25) is 4.79 Å². The Morgan fingerprint density at radius 2 is 2.06 bits per heavy atom. The van der Waals surface area contributed by atoms with Gasteiger partial charge in [-0.25, -0.2) is 4.39 Å². The Kier molecular flexibility index (Phi) is 3.97. The number of hydrogen-bond donors (Lipinski definition) is 0. The number of methoxy groups -OCH3 is 1. The zero-order valence-electron chi connectivity index (χ0n) is 10.8. The first-order valence-electron chi connectivity index (χ1n) is 6.20. The molecule has 1 heterocycles. The summed E-state index contributed by atoms with van der Waals surface area (Å²) in [5.41, 5.74) is 0.908. The number of rotatable bonds is 3. The van der Waals surface area contributed by atoms with E-state index in [1.165, 1.54) is 13.0 Å². The van der Waals surface area contributed by atoms with Crippen molar-refractivity contribution in [2.24, 2.45) is 0 Å². The van der Waals surface area contributed by atoms with Gasteiger partial charge in [0.1, 0.15) is 5.82 Å². The lowest BCUT2D eigenvalue weighted by Crippen LogP contribution is -2.37. The third kappa shape index (κ3) is 2.53. The largest absolute Gasteiger partial charge is 0.381 e. The predicted molar refractivity (Wildman–Crippen MR) is 68.6 cm³/mol. The molecule has 0 amide bonds. The van der Waals surface area contributed by atoms with E-state index in [0.717, 1.165) is 25.9 Å². The van der Waals surface area contributed by atoms with E-state index in [4.69, 9.17) is 4.74 Å². The fourth-order valence-corrected chi connectivity index (χ4v) is 2.44. The fourth-order valence-electron chi connectivity index (χ4n) is 2.44. The maximum atomic E-state index is 13.9. The molecule has 4 heteroatoms. The van der Waals surface area contributed by atoms with Gasteiger partial charge in [-0.15, -0.1) is 0 Å². The molecule has 1 fully saturated rings. The minimum atomic E-state index is -0.321. The average molecular weight is 251 g/mol. The summed E-state index contributed by atoms with van der Waals surface area (Å²) in [4.78, 5) is 13.5. The third-order valence-electron chi connectivity index (χ3n) is 3.46. The standard InChI is InChI=1S/C14H18FNO2/c1-10(17)12-4-3-5-13(15)14(12)16-8-6-11(18-2)7-9-16/h3-5,11H,6-9H2,1-2H3. The van der Waals surface area contributed by atoms with Gasteiger partial charge in [-0.2, -0.15) is 0 Å². The van der Waals surface area contributed by atoms with E-state index < -0.39 is 0 Å². The maximum absolute atomic E-state index is 13.9. The van der Waals surface area contributed by atoms with Crippen LogP contribution in [0.25, 0.3) is 0 Å². The summed E-state index contributed by atoms with van der Waals surface area (Å²) >= 11 is 0. The molecule has 2 rings (SSSR count). The Bertz CT molecular complexity index is 439. The van der Waals surface area contributed by atoms with Crippen LogP contribution in [0.5, 0.6) is 0 Å². The highest BCUT2D eigenvalue weighted by atomic mass is 19.1. The van der Waals surface area contributed by atoms with Crippen LogP contribution < -0.4 is 4.90 Å². The molecular formula is C14H18FNO2. The average Bonchev–Trinajstić information content (AvgIpc) is 2.38. The Balaban J connectivity index is 2.26. The van der Waals surface area contributed by atoms with Crippen LogP contribution in [0.15, 0.2) is 18.2 Å². The summed E-state index contributed by atoms with van der Waals surface area (Å²) in [7, 11) is 1.70. The van der Waals surface area contributed by atoms with Crippen molar-refractivity contribution in [1.82, 2.24) is 0 Å².